The highest BCUT2D eigenvalue weighted by molar-refractivity contribution is 5.09. The summed E-state index contributed by atoms with van der Waals surface area (Å²) in [6.07, 6.45) is 1.93. The van der Waals surface area contributed by atoms with E-state index in [0.717, 1.165) is 13.1 Å². The number of rotatable bonds is 1. The molecule has 1 fully saturated rings. The Balaban J connectivity index is 2.61. The van der Waals surface area contributed by atoms with Gasteiger partial charge in [-0.25, -0.2) is 0 Å². The minimum Gasteiger partial charge on any atom is -0.377 e. The number of hydrogen-bond acceptors (Lipinski definition) is 1. The summed E-state index contributed by atoms with van der Waals surface area (Å²) < 4.78 is 0. The van der Waals surface area contributed by atoms with Crippen LogP contribution in [0.15, 0.2) is 24.9 Å². The molecule has 0 bridgehead atoms. The zero-order chi connectivity index (χ0) is 8.43. The molecule has 1 nitrogen and oxygen atoms in total. The summed E-state index contributed by atoms with van der Waals surface area (Å²) >= 11 is 0. The maximum Gasteiger partial charge on any atom is 0.0235 e. The van der Waals surface area contributed by atoms with Crippen LogP contribution in [0.3, 0.4) is 0 Å². The molecule has 1 aliphatic heterocycles. The molecule has 0 unspecified atom stereocenters. The number of hydrogen-bond donors (Lipinski definition) is 0. The summed E-state index contributed by atoms with van der Waals surface area (Å²) in [5.74, 6) is 1.24. The van der Waals surface area contributed by atoms with E-state index in [1.54, 1.807) is 0 Å². The first-order chi connectivity index (χ1) is 5.15. The molecule has 0 aromatic rings. The fourth-order valence-corrected chi connectivity index (χ4v) is 1.65. The van der Waals surface area contributed by atoms with E-state index < -0.39 is 0 Å². The Labute approximate surface area is 69.4 Å². The van der Waals surface area contributed by atoms with Crippen molar-refractivity contribution in [3.8, 4) is 0 Å². The second-order valence-corrected chi connectivity index (χ2v) is 3.51. The second kappa shape index (κ2) is 3.12. The molecule has 1 heteroatoms. The maximum absolute atomic E-state index is 4.08. The third-order valence-electron chi connectivity index (χ3n) is 2.54. The molecular weight excluding hydrogens is 134 g/mol. The Bertz CT molecular complexity index is 158. The topological polar surface area (TPSA) is 3.24 Å². The van der Waals surface area contributed by atoms with Crippen molar-refractivity contribution >= 4 is 0 Å². The quantitative estimate of drug-likeness (QED) is 0.520. The summed E-state index contributed by atoms with van der Waals surface area (Å²) in [6, 6.07) is 0. The van der Waals surface area contributed by atoms with Crippen LogP contribution in [-0.2, 0) is 0 Å². The van der Waals surface area contributed by atoms with E-state index in [2.05, 4.69) is 31.9 Å². The average molecular weight is 151 g/mol. The van der Waals surface area contributed by atoms with Crippen molar-refractivity contribution in [1.29, 1.82) is 0 Å². The van der Waals surface area contributed by atoms with Gasteiger partial charge in [0.15, 0.2) is 0 Å². The van der Waals surface area contributed by atoms with Crippen LogP contribution in [0.5, 0.6) is 0 Å². The van der Waals surface area contributed by atoms with Crippen molar-refractivity contribution < 1.29 is 0 Å². The minimum absolute atomic E-state index is 0.622. The summed E-state index contributed by atoms with van der Waals surface area (Å²) in [7, 11) is 0. The van der Waals surface area contributed by atoms with Gasteiger partial charge in [-0.1, -0.05) is 32.6 Å². The second-order valence-electron chi connectivity index (χ2n) is 3.51. The lowest BCUT2D eigenvalue weighted by Crippen LogP contribution is -2.36. The Hall–Kier alpha value is -0.720. The first-order valence-electron chi connectivity index (χ1n) is 4.20. The van der Waals surface area contributed by atoms with E-state index in [-0.39, 0.29) is 0 Å². The molecule has 1 saturated heterocycles. The molecule has 0 N–H and O–H groups in total. The fourth-order valence-electron chi connectivity index (χ4n) is 1.65. The van der Waals surface area contributed by atoms with Gasteiger partial charge in [-0.3, -0.25) is 0 Å². The molecule has 2 atom stereocenters. The van der Waals surface area contributed by atoms with Crippen molar-refractivity contribution in [2.45, 2.75) is 13.8 Å². The molecule has 62 valence electrons. The van der Waals surface area contributed by atoms with Gasteiger partial charge in [-0.05, 0) is 18.0 Å². The first kappa shape index (κ1) is 8.38. The van der Waals surface area contributed by atoms with Crippen molar-refractivity contribution in [2.24, 2.45) is 11.8 Å². The predicted octanol–water partition coefficient (Wildman–Crippen LogP) is 2.27. The van der Waals surface area contributed by atoms with Crippen molar-refractivity contribution in [1.82, 2.24) is 4.90 Å². The number of nitrogens with zero attached hydrogens (tertiary/aromatic N) is 1. The molecule has 11 heavy (non-hydrogen) atoms. The van der Waals surface area contributed by atoms with E-state index >= 15 is 0 Å². The van der Waals surface area contributed by atoms with E-state index in [1.165, 1.54) is 5.57 Å². The van der Waals surface area contributed by atoms with Gasteiger partial charge in [-0.2, -0.15) is 0 Å². The lowest BCUT2D eigenvalue weighted by Gasteiger charge is -2.35. The lowest BCUT2D eigenvalue weighted by molar-refractivity contribution is 0.255. The Morgan fingerprint density at radius 2 is 1.82 bits per heavy atom. The van der Waals surface area contributed by atoms with Gasteiger partial charge in [0.05, 0.1) is 0 Å². The van der Waals surface area contributed by atoms with Crippen LogP contribution in [0.1, 0.15) is 13.8 Å². The zero-order valence-corrected chi connectivity index (χ0v) is 7.51. The van der Waals surface area contributed by atoms with Gasteiger partial charge in [0.1, 0.15) is 0 Å². The number of likely N-dealkylation sites (tertiary alicyclic amines) is 1. The van der Waals surface area contributed by atoms with E-state index in [9.17, 15) is 0 Å². The monoisotopic (exact) mass is 151 g/mol. The molecule has 0 saturated carbocycles. The minimum atomic E-state index is 0.622. The van der Waals surface area contributed by atoms with Crippen molar-refractivity contribution in [2.75, 3.05) is 13.1 Å². The summed E-state index contributed by atoms with van der Waals surface area (Å²) in [5.41, 5.74) is 1.39. The molecular formula is C10H17N. The highest BCUT2D eigenvalue weighted by atomic mass is 15.1. The summed E-state index contributed by atoms with van der Waals surface area (Å²) in [4.78, 5) is 2.27. The molecule has 0 radical (unpaired) electrons. The molecule has 1 aliphatic rings. The van der Waals surface area contributed by atoms with Crippen LogP contribution in [0, 0.1) is 11.8 Å². The molecule has 0 aromatic heterocycles. The highest BCUT2D eigenvalue weighted by Crippen LogP contribution is 2.25. The smallest absolute Gasteiger partial charge is 0.0235 e. The summed E-state index contributed by atoms with van der Waals surface area (Å²) in [5, 5.41) is 0. The van der Waals surface area contributed by atoms with Crippen LogP contribution in [0.4, 0.5) is 0 Å². The normalized spacial score (nSPS) is 32.2. The van der Waals surface area contributed by atoms with Crippen LogP contribution in [0.2, 0.25) is 0 Å². The van der Waals surface area contributed by atoms with Crippen LogP contribution in [-0.4, -0.2) is 18.0 Å². The molecule has 0 aliphatic carbocycles. The Morgan fingerprint density at radius 3 is 2.18 bits per heavy atom. The van der Waals surface area contributed by atoms with Crippen molar-refractivity contribution in [3.05, 3.63) is 24.9 Å². The molecule has 0 amide bonds. The van der Waals surface area contributed by atoms with E-state index in [4.69, 9.17) is 0 Å². The average Bonchev–Trinajstić information content (AvgIpc) is 1.99. The predicted molar refractivity (Wildman–Crippen MR) is 49.2 cm³/mol. The molecule has 0 aromatic carbocycles. The van der Waals surface area contributed by atoms with Crippen LogP contribution in [0.25, 0.3) is 0 Å². The van der Waals surface area contributed by atoms with Crippen molar-refractivity contribution in [3.63, 3.8) is 0 Å². The van der Waals surface area contributed by atoms with Gasteiger partial charge in [0, 0.05) is 13.1 Å². The van der Waals surface area contributed by atoms with Gasteiger partial charge in [0.2, 0.25) is 0 Å². The SMILES string of the molecule is C=CN1C[C@@H](C)C(=C)[C@@H](C)C1. The number of piperidine rings is 1. The van der Waals surface area contributed by atoms with Crippen LogP contribution < -0.4 is 0 Å². The third kappa shape index (κ3) is 1.65. The maximum atomic E-state index is 4.08. The fraction of sp³-hybridized carbons (Fsp3) is 0.600. The third-order valence-corrected chi connectivity index (χ3v) is 2.54. The van der Waals surface area contributed by atoms with Gasteiger partial charge >= 0.3 is 0 Å². The molecule has 0 spiro atoms. The largest absolute Gasteiger partial charge is 0.377 e. The summed E-state index contributed by atoms with van der Waals surface area (Å²) in [6.45, 7) is 14.5. The van der Waals surface area contributed by atoms with Gasteiger partial charge < -0.3 is 4.90 Å². The van der Waals surface area contributed by atoms with Gasteiger partial charge in [0.25, 0.3) is 0 Å². The first-order valence-corrected chi connectivity index (χ1v) is 4.20. The van der Waals surface area contributed by atoms with E-state index in [1.807, 2.05) is 6.20 Å². The van der Waals surface area contributed by atoms with E-state index in [0.29, 0.717) is 11.8 Å². The highest BCUT2D eigenvalue weighted by Gasteiger charge is 2.22. The lowest BCUT2D eigenvalue weighted by atomic mass is 9.87. The molecule has 1 heterocycles. The standard InChI is InChI=1S/C10H17N/c1-5-11-6-8(2)10(4)9(3)7-11/h5,8-9H,1,4,6-7H2,2-3H3/t8-,9+. The zero-order valence-electron chi connectivity index (χ0n) is 7.51. The Kier molecular flexibility index (Phi) is 2.38. The molecule has 1 rings (SSSR count). The Morgan fingerprint density at radius 1 is 1.36 bits per heavy atom. The van der Waals surface area contributed by atoms with Crippen LogP contribution >= 0.6 is 0 Å². The van der Waals surface area contributed by atoms with Gasteiger partial charge in [-0.15, -0.1) is 0 Å².